The quantitative estimate of drug-likeness (QED) is 0.573. The molecular weight excluding hydrogens is 200 g/mol. The number of hydrogen-bond acceptors (Lipinski definition) is 4. The predicted octanol–water partition coefficient (Wildman–Crippen LogP) is 1.29. The van der Waals surface area contributed by atoms with Crippen LogP contribution in [-0.4, -0.2) is 37.3 Å². The Balaban J connectivity index is 2.88. The van der Waals surface area contributed by atoms with Crippen LogP contribution in [0.2, 0.25) is 0 Å². The summed E-state index contributed by atoms with van der Waals surface area (Å²) in [7, 11) is 0. The number of aliphatic imine (C=N–C) groups is 1. The standard InChI is InChI=1S/C12H18N4/c1-10(2)15-9-12(11(3)8-13)16-6-4-14-5-7-16/h9,14H,1,4-7H2,2-3H3/b12-11+,15-9?. The maximum atomic E-state index is 8.97. The Morgan fingerprint density at radius 1 is 1.44 bits per heavy atom. The van der Waals surface area contributed by atoms with Gasteiger partial charge in [0, 0.05) is 31.9 Å². The highest BCUT2D eigenvalue weighted by atomic mass is 15.2. The molecule has 4 heteroatoms. The number of nitrogens with zero attached hydrogens (tertiary/aromatic N) is 3. The maximum Gasteiger partial charge on any atom is 0.0966 e. The normalized spacial score (nSPS) is 18.2. The minimum atomic E-state index is 0.701. The van der Waals surface area contributed by atoms with Gasteiger partial charge in [-0.15, -0.1) is 0 Å². The summed E-state index contributed by atoms with van der Waals surface area (Å²) in [5.41, 5.74) is 2.36. The van der Waals surface area contributed by atoms with Gasteiger partial charge in [0.15, 0.2) is 0 Å². The second kappa shape index (κ2) is 6.09. The molecule has 4 nitrogen and oxygen atoms in total. The Hall–Kier alpha value is -1.60. The van der Waals surface area contributed by atoms with Crippen molar-refractivity contribution in [3.63, 3.8) is 0 Å². The van der Waals surface area contributed by atoms with E-state index in [0.717, 1.165) is 37.6 Å². The van der Waals surface area contributed by atoms with Crippen LogP contribution in [0.5, 0.6) is 0 Å². The molecule has 0 bridgehead atoms. The van der Waals surface area contributed by atoms with E-state index in [0.29, 0.717) is 5.57 Å². The third-order valence-corrected chi connectivity index (χ3v) is 2.42. The van der Waals surface area contributed by atoms with Crippen molar-refractivity contribution in [1.29, 1.82) is 5.26 Å². The summed E-state index contributed by atoms with van der Waals surface area (Å²) in [6.07, 6.45) is 1.74. The zero-order chi connectivity index (χ0) is 12.0. The van der Waals surface area contributed by atoms with Gasteiger partial charge in [0.2, 0.25) is 0 Å². The van der Waals surface area contributed by atoms with Gasteiger partial charge in [-0.1, -0.05) is 6.58 Å². The van der Waals surface area contributed by atoms with Gasteiger partial charge in [-0.25, -0.2) is 0 Å². The highest BCUT2D eigenvalue weighted by molar-refractivity contribution is 5.80. The predicted molar refractivity (Wildman–Crippen MR) is 66.1 cm³/mol. The molecule has 1 heterocycles. The van der Waals surface area contributed by atoms with Gasteiger partial charge in [0.05, 0.1) is 23.6 Å². The number of nitrogens with one attached hydrogen (secondary N) is 1. The van der Waals surface area contributed by atoms with E-state index in [-0.39, 0.29) is 0 Å². The van der Waals surface area contributed by atoms with E-state index in [2.05, 4.69) is 27.9 Å². The molecule has 0 radical (unpaired) electrons. The Kier molecular flexibility index (Phi) is 4.74. The summed E-state index contributed by atoms with van der Waals surface area (Å²) >= 11 is 0. The molecule has 1 aliphatic rings. The summed E-state index contributed by atoms with van der Waals surface area (Å²) in [6, 6.07) is 2.18. The second-order valence-electron chi connectivity index (χ2n) is 3.85. The molecule has 1 saturated heterocycles. The Labute approximate surface area is 97.0 Å². The topological polar surface area (TPSA) is 51.4 Å². The molecule has 16 heavy (non-hydrogen) atoms. The van der Waals surface area contributed by atoms with Crippen molar-refractivity contribution in [2.75, 3.05) is 26.2 Å². The summed E-state index contributed by atoms with van der Waals surface area (Å²) < 4.78 is 0. The smallest absolute Gasteiger partial charge is 0.0966 e. The van der Waals surface area contributed by atoms with Gasteiger partial charge < -0.3 is 10.2 Å². The number of hydrogen-bond donors (Lipinski definition) is 1. The SMILES string of the molecule is C=C(C)N=C/C(=C(/C)C#N)N1CCNCC1. The molecule has 1 aliphatic heterocycles. The van der Waals surface area contributed by atoms with E-state index in [1.54, 1.807) is 6.21 Å². The molecule has 0 spiro atoms. The summed E-state index contributed by atoms with van der Waals surface area (Å²) in [4.78, 5) is 6.36. The molecule has 1 rings (SSSR count). The molecule has 1 N–H and O–H groups in total. The number of rotatable bonds is 3. The third-order valence-electron chi connectivity index (χ3n) is 2.42. The van der Waals surface area contributed by atoms with Gasteiger partial charge >= 0.3 is 0 Å². The minimum Gasteiger partial charge on any atom is -0.367 e. The molecule has 1 fully saturated rings. The fraction of sp³-hybridized carbons (Fsp3) is 0.500. The molecule has 0 atom stereocenters. The van der Waals surface area contributed by atoms with Gasteiger partial charge in [0.1, 0.15) is 0 Å². The van der Waals surface area contributed by atoms with Crippen molar-refractivity contribution in [1.82, 2.24) is 10.2 Å². The number of piperazine rings is 1. The van der Waals surface area contributed by atoms with Gasteiger partial charge in [-0.3, -0.25) is 4.99 Å². The van der Waals surface area contributed by atoms with E-state index in [1.165, 1.54) is 0 Å². The van der Waals surface area contributed by atoms with Gasteiger partial charge in [-0.05, 0) is 13.8 Å². The van der Waals surface area contributed by atoms with Crippen LogP contribution < -0.4 is 5.32 Å². The highest BCUT2D eigenvalue weighted by Gasteiger charge is 2.13. The lowest BCUT2D eigenvalue weighted by Gasteiger charge is -2.30. The zero-order valence-corrected chi connectivity index (χ0v) is 9.95. The number of nitriles is 1. The average Bonchev–Trinajstić information content (AvgIpc) is 2.30. The van der Waals surface area contributed by atoms with Crippen molar-refractivity contribution in [3.8, 4) is 6.07 Å². The fourth-order valence-electron chi connectivity index (χ4n) is 1.55. The molecule has 0 aromatic rings. The van der Waals surface area contributed by atoms with Crippen molar-refractivity contribution in [2.45, 2.75) is 13.8 Å². The molecule has 0 aromatic heterocycles. The first kappa shape index (κ1) is 12.5. The van der Waals surface area contributed by atoms with Crippen LogP contribution in [0.3, 0.4) is 0 Å². The Bertz CT molecular complexity index is 354. The Morgan fingerprint density at radius 3 is 2.56 bits per heavy atom. The average molecular weight is 218 g/mol. The summed E-state index contributed by atoms with van der Waals surface area (Å²) in [5, 5.41) is 12.2. The largest absolute Gasteiger partial charge is 0.367 e. The van der Waals surface area contributed by atoms with Crippen LogP contribution in [0.15, 0.2) is 28.5 Å². The zero-order valence-electron chi connectivity index (χ0n) is 9.95. The third kappa shape index (κ3) is 3.52. The van der Waals surface area contributed by atoms with Crippen LogP contribution in [0.1, 0.15) is 13.8 Å². The van der Waals surface area contributed by atoms with Gasteiger partial charge in [0.25, 0.3) is 0 Å². The van der Waals surface area contributed by atoms with E-state index in [4.69, 9.17) is 5.26 Å². The van der Waals surface area contributed by atoms with E-state index < -0.39 is 0 Å². The molecule has 0 saturated carbocycles. The van der Waals surface area contributed by atoms with E-state index in [9.17, 15) is 0 Å². The molecule has 0 aromatic carbocycles. The van der Waals surface area contributed by atoms with Crippen molar-refractivity contribution in [2.24, 2.45) is 4.99 Å². The first-order chi connectivity index (χ1) is 7.65. The monoisotopic (exact) mass is 218 g/mol. The van der Waals surface area contributed by atoms with Crippen LogP contribution in [0.25, 0.3) is 0 Å². The fourth-order valence-corrected chi connectivity index (χ4v) is 1.55. The lowest BCUT2D eigenvalue weighted by molar-refractivity contribution is 0.311. The van der Waals surface area contributed by atoms with Crippen LogP contribution in [-0.2, 0) is 0 Å². The first-order valence-electron chi connectivity index (χ1n) is 5.41. The molecule has 0 unspecified atom stereocenters. The molecule has 86 valence electrons. The Morgan fingerprint density at radius 2 is 2.06 bits per heavy atom. The van der Waals surface area contributed by atoms with Crippen LogP contribution >= 0.6 is 0 Å². The van der Waals surface area contributed by atoms with Crippen molar-refractivity contribution in [3.05, 3.63) is 23.5 Å². The van der Waals surface area contributed by atoms with Crippen LogP contribution in [0, 0.1) is 11.3 Å². The molecular formula is C12H18N4. The minimum absolute atomic E-state index is 0.701. The van der Waals surface area contributed by atoms with Crippen molar-refractivity contribution >= 4 is 6.21 Å². The van der Waals surface area contributed by atoms with Crippen molar-refractivity contribution < 1.29 is 0 Å². The lowest BCUT2D eigenvalue weighted by atomic mass is 10.2. The summed E-state index contributed by atoms with van der Waals surface area (Å²) in [6.45, 7) is 11.1. The number of allylic oxidation sites excluding steroid dienone is 3. The molecule has 0 amide bonds. The van der Waals surface area contributed by atoms with Crippen LogP contribution in [0.4, 0.5) is 0 Å². The summed E-state index contributed by atoms with van der Waals surface area (Å²) in [5.74, 6) is 0. The molecule has 0 aliphatic carbocycles. The van der Waals surface area contributed by atoms with Gasteiger partial charge in [-0.2, -0.15) is 5.26 Å². The van der Waals surface area contributed by atoms with E-state index >= 15 is 0 Å². The second-order valence-corrected chi connectivity index (χ2v) is 3.85. The lowest BCUT2D eigenvalue weighted by Crippen LogP contribution is -2.43. The highest BCUT2D eigenvalue weighted by Crippen LogP contribution is 2.09. The maximum absolute atomic E-state index is 8.97. The van der Waals surface area contributed by atoms with E-state index in [1.807, 2.05) is 13.8 Å². The first-order valence-corrected chi connectivity index (χ1v) is 5.41.